The molecule has 1 aliphatic rings. The number of hydrogen-bond acceptors (Lipinski definition) is 3. The molecule has 0 aromatic rings. The largest absolute Gasteiger partial charge is 0.469 e. The number of ether oxygens (including phenoxy) is 1. The normalized spacial score (nSPS) is 28.1. The Bertz CT molecular complexity index is 208. The summed E-state index contributed by atoms with van der Waals surface area (Å²) < 4.78 is 4.59. The van der Waals surface area contributed by atoms with E-state index in [1.807, 2.05) is 12.2 Å². The summed E-state index contributed by atoms with van der Waals surface area (Å²) >= 11 is 0. The quantitative estimate of drug-likeness (QED) is 0.350. The van der Waals surface area contributed by atoms with Crippen molar-refractivity contribution in [2.45, 2.75) is 12.8 Å². The summed E-state index contributed by atoms with van der Waals surface area (Å²) in [5.41, 5.74) is 0. The number of methoxy groups -OCH3 is 1. The van der Waals surface area contributed by atoms with Gasteiger partial charge in [-0.3, -0.25) is 4.79 Å². The lowest BCUT2D eigenvalue weighted by atomic mass is 9.84. The second-order valence-corrected chi connectivity index (χ2v) is 2.87. The van der Waals surface area contributed by atoms with Crippen LogP contribution in [0.2, 0.25) is 0 Å². The van der Waals surface area contributed by atoms with Crippen LogP contribution in [-0.4, -0.2) is 19.4 Å². The molecule has 12 heavy (non-hydrogen) atoms. The fourth-order valence-electron chi connectivity index (χ4n) is 1.41. The Morgan fingerprint density at radius 1 is 1.50 bits per heavy atom. The molecule has 2 atom stereocenters. The summed E-state index contributed by atoms with van der Waals surface area (Å²) in [5, 5.41) is 0. The maximum Gasteiger partial charge on any atom is 0.309 e. The molecule has 0 spiro atoms. The minimum absolute atomic E-state index is 0.192. The summed E-state index contributed by atoms with van der Waals surface area (Å²) in [5.74, 6) is -0.739. The van der Waals surface area contributed by atoms with Crippen molar-refractivity contribution >= 4 is 12.3 Å². The van der Waals surface area contributed by atoms with E-state index < -0.39 is 0 Å². The van der Waals surface area contributed by atoms with Crippen LogP contribution in [0.15, 0.2) is 12.2 Å². The molecule has 0 fully saturated rings. The van der Waals surface area contributed by atoms with Gasteiger partial charge >= 0.3 is 5.97 Å². The number of rotatable bonds is 2. The highest BCUT2D eigenvalue weighted by Gasteiger charge is 2.28. The zero-order valence-corrected chi connectivity index (χ0v) is 7.03. The van der Waals surface area contributed by atoms with Crippen molar-refractivity contribution in [3.63, 3.8) is 0 Å². The standard InChI is InChI=1S/C9H12O3/c1-12-9(11)8-5-3-2-4-7(8)6-10/h2-3,6-8H,4-5H2,1H3/t7-,8+/m1/s1. The summed E-state index contributed by atoms with van der Waals surface area (Å²) in [4.78, 5) is 21.7. The predicted molar refractivity (Wildman–Crippen MR) is 43.4 cm³/mol. The van der Waals surface area contributed by atoms with Gasteiger partial charge in [0, 0.05) is 5.92 Å². The van der Waals surface area contributed by atoms with Gasteiger partial charge in [0.15, 0.2) is 0 Å². The van der Waals surface area contributed by atoms with Gasteiger partial charge in [-0.1, -0.05) is 12.2 Å². The fraction of sp³-hybridized carbons (Fsp3) is 0.556. The van der Waals surface area contributed by atoms with Gasteiger partial charge in [-0.15, -0.1) is 0 Å². The Morgan fingerprint density at radius 3 is 2.75 bits per heavy atom. The van der Waals surface area contributed by atoms with Gasteiger partial charge in [-0.05, 0) is 12.8 Å². The van der Waals surface area contributed by atoms with E-state index in [1.165, 1.54) is 7.11 Å². The lowest BCUT2D eigenvalue weighted by Gasteiger charge is -2.21. The average Bonchev–Trinajstić information content (AvgIpc) is 2.16. The van der Waals surface area contributed by atoms with Crippen LogP contribution in [0, 0.1) is 11.8 Å². The van der Waals surface area contributed by atoms with E-state index >= 15 is 0 Å². The number of esters is 1. The Labute approximate surface area is 71.4 Å². The van der Waals surface area contributed by atoms with Crippen molar-refractivity contribution in [3.05, 3.63) is 12.2 Å². The first-order valence-electron chi connectivity index (χ1n) is 3.97. The molecule has 0 aromatic carbocycles. The topological polar surface area (TPSA) is 43.4 Å². The Morgan fingerprint density at radius 2 is 2.17 bits per heavy atom. The third kappa shape index (κ3) is 1.72. The number of hydrogen-bond donors (Lipinski definition) is 0. The highest BCUT2D eigenvalue weighted by atomic mass is 16.5. The smallest absolute Gasteiger partial charge is 0.309 e. The molecule has 0 amide bonds. The minimum atomic E-state index is -0.281. The van der Waals surface area contributed by atoms with Crippen molar-refractivity contribution in [2.75, 3.05) is 7.11 Å². The maximum atomic E-state index is 11.1. The zero-order chi connectivity index (χ0) is 8.97. The molecule has 0 aliphatic heterocycles. The second kappa shape index (κ2) is 4.04. The number of carbonyl (C=O) groups is 2. The van der Waals surface area contributed by atoms with Crippen LogP contribution in [0.5, 0.6) is 0 Å². The fourth-order valence-corrected chi connectivity index (χ4v) is 1.41. The number of carbonyl (C=O) groups excluding carboxylic acids is 2. The Hall–Kier alpha value is -1.12. The molecule has 0 heterocycles. The first-order chi connectivity index (χ1) is 5.79. The molecule has 66 valence electrons. The number of aldehydes is 1. The number of allylic oxidation sites excluding steroid dienone is 2. The molecule has 0 aromatic heterocycles. The molecule has 1 rings (SSSR count). The van der Waals surface area contributed by atoms with E-state index in [4.69, 9.17) is 0 Å². The van der Waals surface area contributed by atoms with Crippen molar-refractivity contribution in [1.82, 2.24) is 0 Å². The van der Waals surface area contributed by atoms with E-state index in [1.54, 1.807) is 0 Å². The van der Waals surface area contributed by atoms with Crippen molar-refractivity contribution in [1.29, 1.82) is 0 Å². The molecule has 0 unspecified atom stereocenters. The van der Waals surface area contributed by atoms with Gasteiger partial charge in [0.05, 0.1) is 13.0 Å². The molecule has 0 N–H and O–H groups in total. The zero-order valence-electron chi connectivity index (χ0n) is 7.03. The van der Waals surface area contributed by atoms with Gasteiger partial charge < -0.3 is 9.53 Å². The van der Waals surface area contributed by atoms with Crippen molar-refractivity contribution in [3.8, 4) is 0 Å². The molecular formula is C9H12O3. The third-order valence-corrected chi connectivity index (χ3v) is 2.16. The Balaban J connectivity index is 2.66. The predicted octanol–water partition coefficient (Wildman–Crippen LogP) is 0.941. The average molecular weight is 168 g/mol. The van der Waals surface area contributed by atoms with Crippen LogP contribution in [-0.2, 0) is 14.3 Å². The molecular weight excluding hydrogens is 156 g/mol. The van der Waals surface area contributed by atoms with Crippen LogP contribution in [0.4, 0.5) is 0 Å². The summed E-state index contributed by atoms with van der Waals surface area (Å²) in [7, 11) is 1.35. The van der Waals surface area contributed by atoms with Crippen LogP contribution in [0.1, 0.15) is 12.8 Å². The van der Waals surface area contributed by atoms with Crippen LogP contribution in [0.25, 0.3) is 0 Å². The molecule has 3 nitrogen and oxygen atoms in total. The second-order valence-electron chi connectivity index (χ2n) is 2.87. The molecule has 0 radical (unpaired) electrons. The summed E-state index contributed by atoms with van der Waals surface area (Å²) in [6.07, 6.45) is 5.96. The lowest BCUT2D eigenvalue weighted by molar-refractivity contribution is -0.148. The van der Waals surface area contributed by atoms with E-state index in [9.17, 15) is 9.59 Å². The van der Waals surface area contributed by atoms with Gasteiger partial charge in [-0.25, -0.2) is 0 Å². The van der Waals surface area contributed by atoms with Gasteiger partial charge in [0.2, 0.25) is 0 Å². The van der Waals surface area contributed by atoms with E-state index in [0.717, 1.165) is 6.29 Å². The van der Waals surface area contributed by atoms with Gasteiger partial charge in [0.25, 0.3) is 0 Å². The minimum Gasteiger partial charge on any atom is -0.469 e. The summed E-state index contributed by atoms with van der Waals surface area (Å²) in [6.45, 7) is 0. The van der Waals surface area contributed by atoms with Crippen molar-refractivity contribution in [2.24, 2.45) is 11.8 Å². The van der Waals surface area contributed by atoms with Gasteiger partial charge in [0.1, 0.15) is 6.29 Å². The SMILES string of the molecule is COC(=O)[C@H]1CC=CC[C@@H]1C=O. The summed E-state index contributed by atoms with van der Waals surface area (Å²) in [6, 6.07) is 0. The highest BCUT2D eigenvalue weighted by molar-refractivity contribution is 5.77. The maximum absolute atomic E-state index is 11.1. The first kappa shape index (κ1) is 8.97. The molecule has 0 saturated heterocycles. The van der Waals surface area contributed by atoms with Crippen LogP contribution < -0.4 is 0 Å². The molecule has 0 saturated carbocycles. The lowest BCUT2D eigenvalue weighted by Crippen LogP contribution is -2.27. The van der Waals surface area contributed by atoms with Crippen molar-refractivity contribution < 1.29 is 14.3 Å². The monoisotopic (exact) mass is 168 g/mol. The van der Waals surface area contributed by atoms with E-state index in [0.29, 0.717) is 12.8 Å². The molecule has 3 heteroatoms. The van der Waals surface area contributed by atoms with Gasteiger partial charge in [-0.2, -0.15) is 0 Å². The first-order valence-corrected chi connectivity index (χ1v) is 3.97. The van der Waals surface area contributed by atoms with Crippen LogP contribution in [0.3, 0.4) is 0 Å². The van der Waals surface area contributed by atoms with Crippen LogP contribution >= 0.6 is 0 Å². The highest BCUT2D eigenvalue weighted by Crippen LogP contribution is 2.24. The van der Waals surface area contributed by atoms with E-state index in [2.05, 4.69) is 4.74 Å². The molecule has 0 bridgehead atoms. The third-order valence-electron chi connectivity index (χ3n) is 2.16. The Kier molecular flexibility index (Phi) is 3.02. The van der Waals surface area contributed by atoms with E-state index in [-0.39, 0.29) is 17.8 Å². The molecule has 1 aliphatic carbocycles.